The van der Waals surface area contributed by atoms with Gasteiger partial charge in [0.2, 0.25) is 0 Å². The maximum absolute atomic E-state index is 12.1. The van der Waals surface area contributed by atoms with Gasteiger partial charge in [-0.1, -0.05) is 18.2 Å². The van der Waals surface area contributed by atoms with Crippen molar-refractivity contribution in [2.75, 3.05) is 0 Å². The van der Waals surface area contributed by atoms with E-state index in [1.165, 1.54) is 18.2 Å². The Morgan fingerprint density at radius 1 is 1.39 bits per heavy atom. The van der Waals surface area contributed by atoms with Crippen molar-refractivity contribution in [1.82, 2.24) is 0 Å². The van der Waals surface area contributed by atoms with Crippen molar-refractivity contribution in [1.29, 1.82) is 0 Å². The summed E-state index contributed by atoms with van der Waals surface area (Å²) in [5.74, 6) is -1.52. The van der Waals surface area contributed by atoms with Gasteiger partial charge in [-0.3, -0.25) is 4.79 Å². The van der Waals surface area contributed by atoms with Gasteiger partial charge in [-0.05, 0) is 24.5 Å². The third-order valence-corrected chi connectivity index (χ3v) is 2.24. The number of rotatable bonds is 5. The van der Waals surface area contributed by atoms with Gasteiger partial charge in [-0.25, -0.2) is 0 Å². The van der Waals surface area contributed by atoms with Crippen LogP contribution >= 0.6 is 0 Å². The summed E-state index contributed by atoms with van der Waals surface area (Å²) >= 11 is 0. The molecule has 100 valence electrons. The predicted molar refractivity (Wildman–Crippen MR) is 57.1 cm³/mol. The SMILES string of the molecule is N[C@@H](CCc1ccccc1OC(F)(F)F)C(=O)O. The lowest BCUT2D eigenvalue weighted by molar-refractivity contribution is -0.274. The van der Waals surface area contributed by atoms with E-state index in [9.17, 15) is 18.0 Å². The Balaban J connectivity index is 2.73. The minimum atomic E-state index is -4.77. The van der Waals surface area contributed by atoms with Gasteiger partial charge in [-0.15, -0.1) is 13.2 Å². The van der Waals surface area contributed by atoms with Crippen molar-refractivity contribution in [2.45, 2.75) is 25.2 Å². The van der Waals surface area contributed by atoms with E-state index in [1.54, 1.807) is 6.07 Å². The van der Waals surface area contributed by atoms with E-state index in [2.05, 4.69) is 4.74 Å². The molecule has 7 heteroatoms. The number of para-hydroxylation sites is 1. The van der Waals surface area contributed by atoms with Crippen LogP contribution in [0.1, 0.15) is 12.0 Å². The molecule has 0 aliphatic heterocycles. The number of nitrogens with two attached hydrogens (primary N) is 1. The van der Waals surface area contributed by atoms with Gasteiger partial charge in [-0.2, -0.15) is 0 Å². The average molecular weight is 263 g/mol. The number of hydrogen-bond donors (Lipinski definition) is 2. The molecule has 0 aliphatic carbocycles. The summed E-state index contributed by atoms with van der Waals surface area (Å²) in [5.41, 5.74) is 5.55. The Morgan fingerprint density at radius 2 is 2.00 bits per heavy atom. The second kappa shape index (κ2) is 5.72. The van der Waals surface area contributed by atoms with Gasteiger partial charge < -0.3 is 15.6 Å². The lowest BCUT2D eigenvalue weighted by Gasteiger charge is -2.13. The standard InChI is InChI=1S/C11H12F3NO3/c12-11(13,14)18-9-4-2-1-3-7(9)5-6-8(15)10(16)17/h1-4,8H,5-6,15H2,(H,16,17)/t8-/m0/s1. The monoisotopic (exact) mass is 263 g/mol. The first kappa shape index (κ1) is 14.3. The van der Waals surface area contributed by atoms with Crippen molar-refractivity contribution in [2.24, 2.45) is 5.73 Å². The molecule has 0 aromatic heterocycles. The molecule has 1 rings (SSSR count). The maximum atomic E-state index is 12.1. The highest BCUT2D eigenvalue weighted by atomic mass is 19.4. The molecule has 4 nitrogen and oxygen atoms in total. The summed E-state index contributed by atoms with van der Waals surface area (Å²) in [4.78, 5) is 10.5. The van der Waals surface area contributed by atoms with E-state index in [4.69, 9.17) is 10.8 Å². The fraction of sp³-hybridized carbons (Fsp3) is 0.364. The number of aliphatic carboxylic acids is 1. The molecule has 0 amide bonds. The van der Waals surface area contributed by atoms with Crippen LogP contribution in [0.4, 0.5) is 13.2 Å². The third kappa shape index (κ3) is 4.62. The fourth-order valence-corrected chi connectivity index (χ4v) is 1.37. The van der Waals surface area contributed by atoms with Crippen LogP contribution in [0.15, 0.2) is 24.3 Å². The number of benzene rings is 1. The molecular formula is C11H12F3NO3. The van der Waals surface area contributed by atoms with E-state index in [1.807, 2.05) is 0 Å². The van der Waals surface area contributed by atoms with Crippen LogP contribution in [0.5, 0.6) is 5.75 Å². The Morgan fingerprint density at radius 3 is 2.56 bits per heavy atom. The second-order valence-corrected chi connectivity index (χ2v) is 3.64. The highest BCUT2D eigenvalue weighted by molar-refractivity contribution is 5.73. The minimum Gasteiger partial charge on any atom is -0.480 e. The molecule has 0 radical (unpaired) electrons. The van der Waals surface area contributed by atoms with Crippen molar-refractivity contribution < 1.29 is 27.8 Å². The van der Waals surface area contributed by atoms with Gasteiger partial charge in [0.25, 0.3) is 0 Å². The molecule has 3 N–H and O–H groups in total. The minimum absolute atomic E-state index is 0.0353. The van der Waals surface area contributed by atoms with E-state index in [0.717, 1.165) is 0 Å². The van der Waals surface area contributed by atoms with E-state index in [-0.39, 0.29) is 24.2 Å². The first-order chi connectivity index (χ1) is 8.29. The molecule has 0 heterocycles. The molecule has 0 unspecified atom stereocenters. The van der Waals surface area contributed by atoms with E-state index in [0.29, 0.717) is 0 Å². The maximum Gasteiger partial charge on any atom is 0.573 e. The number of halogens is 3. The number of carboxylic acid groups (broad SMARTS) is 1. The third-order valence-electron chi connectivity index (χ3n) is 2.24. The fourth-order valence-electron chi connectivity index (χ4n) is 1.37. The number of hydrogen-bond acceptors (Lipinski definition) is 3. The quantitative estimate of drug-likeness (QED) is 0.851. The van der Waals surface area contributed by atoms with Gasteiger partial charge in [0.1, 0.15) is 11.8 Å². The summed E-state index contributed by atoms with van der Waals surface area (Å²) in [6.45, 7) is 0. The molecule has 0 spiro atoms. The Bertz CT molecular complexity index is 420. The molecule has 0 saturated carbocycles. The topological polar surface area (TPSA) is 72.5 Å². The van der Waals surface area contributed by atoms with Crippen LogP contribution in [-0.2, 0) is 11.2 Å². The Labute approximate surface area is 101 Å². The highest BCUT2D eigenvalue weighted by Crippen LogP contribution is 2.27. The van der Waals surface area contributed by atoms with Crippen LogP contribution in [0.2, 0.25) is 0 Å². The summed E-state index contributed by atoms with van der Waals surface area (Å²) in [5, 5.41) is 8.58. The summed E-state index contributed by atoms with van der Waals surface area (Å²) in [6.07, 6.45) is -4.64. The molecule has 18 heavy (non-hydrogen) atoms. The Kier molecular flexibility index (Phi) is 4.55. The highest BCUT2D eigenvalue weighted by Gasteiger charge is 2.32. The molecule has 0 aliphatic rings. The molecule has 1 aromatic rings. The van der Waals surface area contributed by atoms with Crippen molar-refractivity contribution in [3.63, 3.8) is 0 Å². The van der Waals surface area contributed by atoms with Crippen LogP contribution in [-0.4, -0.2) is 23.5 Å². The lowest BCUT2D eigenvalue weighted by Crippen LogP contribution is -2.30. The van der Waals surface area contributed by atoms with Crippen molar-refractivity contribution in [3.8, 4) is 5.75 Å². The van der Waals surface area contributed by atoms with Crippen molar-refractivity contribution in [3.05, 3.63) is 29.8 Å². The molecule has 0 bridgehead atoms. The second-order valence-electron chi connectivity index (χ2n) is 3.64. The predicted octanol–water partition coefficient (Wildman–Crippen LogP) is 1.93. The van der Waals surface area contributed by atoms with Gasteiger partial charge >= 0.3 is 12.3 Å². The summed E-state index contributed by atoms with van der Waals surface area (Å²) in [6, 6.07) is 4.46. The first-order valence-corrected chi connectivity index (χ1v) is 5.11. The van der Waals surface area contributed by atoms with Crippen LogP contribution in [0.3, 0.4) is 0 Å². The zero-order valence-electron chi connectivity index (χ0n) is 9.28. The van der Waals surface area contributed by atoms with Crippen LogP contribution in [0, 0.1) is 0 Å². The smallest absolute Gasteiger partial charge is 0.480 e. The molecule has 0 fully saturated rings. The number of carbonyl (C=O) groups is 1. The Hall–Kier alpha value is -1.76. The van der Waals surface area contributed by atoms with Gasteiger partial charge in [0.05, 0.1) is 0 Å². The van der Waals surface area contributed by atoms with Gasteiger partial charge in [0, 0.05) is 0 Å². The molecule has 1 atom stereocenters. The zero-order valence-corrected chi connectivity index (χ0v) is 9.28. The number of alkyl halides is 3. The molecule has 0 saturated heterocycles. The number of aryl methyl sites for hydroxylation is 1. The largest absolute Gasteiger partial charge is 0.573 e. The zero-order chi connectivity index (χ0) is 13.8. The average Bonchev–Trinajstić information content (AvgIpc) is 2.25. The lowest BCUT2D eigenvalue weighted by atomic mass is 10.0. The van der Waals surface area contributed by atoms with Gasteiger partial charge in [0.15, 0.2) is 0 Å². The summed E-state index contributed by atoms with van der Waals surface area (Å²) in [7, 11) is 0. The summed E-state index contributed by atoms with van der Waals surface area (Å²) < 4.78 is 40.2. The normalized spacial score (nSPS) is 13.1. The number of ether oxygens (including phenoxy) is 1. The van der Waals surface area contributed by atoms with E-state index >= 15 is 0 Å². The first-order valence-electron chi connectivity index (χ1n) is 5.11. The molecule has 1 aromatic carbocycles. The number of carboxylic acids is 1. The molecular weight excluding hydrogens is 251 g/mol. The van der Waals surface area contributed by atoms with Crippen LogP contribution < -0.4 is 10.5 Å². The van der Waals surface area contributed by atoms with Crippen molar-refractivity contribution >= 4 is 5.97 Å². The van der Waals surface area contributed by atoms with Crippen LogP contribution in [0.25, 0.3) is 0 Å². The van der Waals surface area contributed by atoms with E-state index < -0.39 is 18.4 Å².